The molecule has 3 N–H and O–H groups in total. The van der Waals surface area contributed by atoms with E-state index in [0.29, 0.717) is 5.69 Å². The molecule has 20 heavy (non-hydrogen) atoms. The predicted molar refractivity (Wildman–Crippen MR) is 73.7 cm³/mol. The second-order valence-electron chi connectivity index (χ2n) is 3.95. The van der Waals surface area contributed by atoms with E-state index in [1.165, 1.54) is 13.2 Å². The number of ether oxygens (including phenoxy) is 1. The van der Waals surface area contributed by atoms with E-state index in [0.717, 1.165) is 6.07 Å². The fourth-order valence-corrected chi connectivity index (χ4v) is 1.62. The number of phenols is 1. The fraction of sp³-hybridized carbons (Fsp3) is 0.0714. The van der Waals surface area contributed by atoms with Crippen LogP contribution < -0.4 is 15.4 Å². The molecule has 2 aromatic rings. The summed E-state index contributed by atoms with van der Waals surface area (Å²) in [6.45, 7) is 0. The van der Waals surface area contributed by atoms with Crippen LogP contribution in [0.4, 0.5) is 20.6 Å². The Balaban J connectivity index is 2.10. The number of urea groups is 1. The first kappa shape index (κ1) is 13.7. The Labute approximate surface area is 115 Å². The lowest BCUT2D eigenvalue weighted by molar-refractivity contribution is 0.262. The Morgan fingerprint density at radius 3 is 2.45 bits per heavy atom. The monoisotopic (exact) mass is 276 g/mol. The minimum absolute atomic E-state index is 0.0555. The summed E-state index contributed by atoms with van der Waals surface area (Å²) in [6, 6.07) is 10.6. The molecule has 0 unspecified atom stereocenters. The van der Waals surface area contributed by atoms with Crippen molar-refractivity contribution in [2.24, 2.45) is 0 Å². The second-order valence-corrected chi connectivity index (χ2v) is 3.95. The van der Waals surface area contributed by atoms with E-state index in [4.69, 9.17) is 4.74 Å². The number of halogens is 1. The predicted octanol–water partition coefficient (Wildman–Crippen LogP) is 3.18. The van der Waals surface area contributed by atoms with Gasteiger partial charge in [-0.05, 0) is 12.1 Å². The second kappa shape index (κ2) is 5.92. The molecule has 0 aliphatic heterocycles. The Morgan fingerprint density at radius 2 is 1.80 bits per heavy atom. The summed E-state index contributed by atoms with van der Waals surface area (Å²) in [7, 11) is 1.29. The molecule has 2 amide bonds. The van der Waals surface area contributed by atoms with Gasteiger partial charge in [-0.3, -0.25) is 0 Å². The number of rotatable bonds is 3. The summed E-state index contributed by atoms with van der Waals surface area (Å²) >= 11 is 0. The summed E-state index contributed by atoms with van der Waals surface area (Å²) < 4.78 is 18.2. The van der Waals surface area contributed by atoms with Crippen molar-refractivity contribution in [1.29, 1.82) is 0 Å². The Morgan fingerprint density at radius 1 is 1.15 bits per heavy atom. The van der Waals surface area contributed by atoms with Crippen molar-refractivity contribution in [2.75, 3.05) is 17.7 Å². The van der Waals surface area contributed by atoms with Crippen LogP contribution in [0.2, 0.25) is 0 Å². The number of methoxy groups -OCH3 is 1. The number of nitrogens with one attached hydrogen (secondary N) is 2. The molecule has 0 heterocycles. The number of anilines is 2. The largest absolute Gasteiger partial charge is 0.502 e. The van der Waals surface area contributed by atoms with E-state index in [1.807, 2.05) is 6.07 Å². The third-order valence-electron chi connectivity index (χ3n) is 2.54. The van der Waals surface area contributed by atoms with Crippen LogP contribution in [0.5, 0.6) is 11.5 Å². The fourth-order valence-electron chi connectivity index (χ4n) is 1.62. The number of carbonyl (C=O) groups is 1. The number of para-hydroxylation sites is 1. The average Bonchev–Trinajstić information content (AvgIpc) is 2.43. The van der Waals surface area contributed by atoms with Gasteiger partial charge in [-0.1, -0.05) is 18.2 Å². The van der Waals surface area contributed by atoms with Crippen molar-refractivity contribution in [3.8, 4) is 11.5 Å². The number of aromatic hydroxyl groups is 1. The highest BCUT2D eigenvalue weighted by molar-refractivity contribution is 5.99. The molecule has 0 spiro atoms. The summed E-state index contributed by atoms with van der Waals surface area (Å²) in [4.78, 5) is 11.7. The maximum atomic E-state index is 13.4. The normalized spacial score (nSPS) is 9.90. The lowest BCUT2D eigenvalue weighted by Crippen LogP contribution is -2.19. The zero-order valence-electron chi connectivity index (χ0n) is 10.7. The summed E-state index contributed by atoms with van der Waals surface area (Å²) in [5.41, 5.74) is 0.779. The van der Waals surface area contributed by atoms with Crippen molar-refractivity contribution in [2.45, 2.75) is 0 Å². The molecule has 5 nitrogen and oxygen atoms in total. The third kappa shape index (κ3) is 3.17. The molecule has 2 aromatic carbocycles. The van der Waals surface area contributed by atoms with Crippen molar-refractivity contribution in [1.82, 2.24) is 0 Å². The van der Waals surface area contributed by atoms with Gasteiger partial charge in [0.05, 0.1) is 7.11 Å². The zero-order chi connectivity index (χ0) is 14.5. The topological polar surface area (TPSA) is 70.6 Å². The molecule has 104 valence electrons. The van der Waals surface area contributed by atoms with Gasteiger partial charge in [0.2, 0.25) is 0 Å². The van der Waals surface area contributed by atoms with Crippen LogP contribution in [0.15, 0.2) is 42.5 Å². The van der Waals surface area contributed by atoms with Crippen LogP contribution in [0.25, 0.3) is 0 Å². The lowest BCUT2D eigenvalue weighted by atomic mass is 10.2. The van der Waals surface area contributed by atoms with Gasteiger partial charge in [0.15, 0.2) is 17.3 Å². The molecule has 0 aromatic heterocycles. The minimum atomic E-state index is -0.876. The van der Waals surface area contributed by atoms with E-state index < -0.39 is 17.6 Å². The smallest absolute Gasteiger partial charge is 0.323 e. The first-order valence-corrected chi connectivity index (χ1v) is 5.79. The zero-order valence-corrected chi connectivity index (χ0v) is 10.7. The van der Waals surface area contributed by atoms with Gasteiger partial charge in [-0.15, -0.1) is 0 Å². The molecular weight excluding hydrogens is 263 g/mol. The quantitative estimate of drug-likeness (QED) is 0.754. The Hall–Kier alpha value is -2.76. The van der Waals surface area contributed by atoms with Crippen molar-refractivity contribution < 1.29 is 19.0 Å². The molecule has 0 bridgehead atoms. The minimum Gasteiger partial charge on any atom is -0.502 e. The van der Waals surface area contributed by atoms with Crippen LogP contribution in [-0.4, -0.2) is 18.2 Å². The maximum absolute atomic E-state index is 13.4. The number of phenolic OH excluding ortho intramolecular Hbond substituents is 1. The first-order chi connectivity index (χ1) is 9.60. The highest BCUT2D eigenvalue weighted by Crippen LogP contribution is 2.32. The SMILES string of the molecule is COc1cc(NC(=O)Nc2ccccc2)cc(F)c1O. The number of hydrogen-bond donors (Lipinski definition) is 3. The van der Waals surface area contributed by atoms with Crippen LogP contribution in [-0.2, 0) is 0 Å². The number of carbonyl (C=O) groups excluding carboxylic acids is 1. The number of hydrogen-bond acceptors (Lipinski definition) is 3. The molecule has 0 fully saturated rings. The molecule has 0 saturated carbocycles. The van der Waals surface area contributed by atoms with E-state index in [2.05, 4.69) is 10.6 Å². The molecule has 0 aliphatic carbocycles. The van der Waals surface area contributed by atoms with E-state index >= 15 is 0 Å². The van der Waals surface area contributed by atoms with Crippen molar-refractivity contribution in [3.63, 3.8) is 0 Å². The van der Waals surface area contributed by atoms with Crippen LogP contribution in [0, 0.1) is 5.82 Å². The number of benzene rings is 2. The highest BCUT2D eigenvalue weighted by Gasteiger charge is 2.12. The summed E-state index contributed by atoms with van der Waals surface area (Å²) in [5, 5.41) is 14.4. The Kier molecular flexibility index (Phi) is 4.05. The van der Waals surface area contributed by atoms with Gasteiger partial charge < -0.3 is 20.5 Å². The first-order valence-electron chi connectivity index (χ1n) is 5.79. The molecular formula is C14H13FN2O3. The lowest BCUT2D eigenvalue weighted by Gasteiger charge is -2.10. The highest BCUT2D eigenvalue weighted by atomic mass is 19.1. The van der Waals surface area contributed by atoms with Crippen LogP contribution in [0.1, 0.15) is 0 Å². The van der Waals surface area contributed by atoms with Crippen molar-refractivity contribution >= 4 is 17.4 Å². The van der Waals surface area contributed by atoms with E-state index in [1.54, 1.807) is 24.3 Å². The van der Waals surface area contributed by atoms with E-state index in [-0.39, 0.29) is 11.4 Å². The standard InChI is InChI=1S/C14H13FN2O3/c1-20-12-8-10(7-11(15)13(12)18)17-14(19)16-9-5-3-2-4-6-9/h2-8,18H,1H3,(H2,16,17,19). The maximum Gasteiger partial charge on any atom is 0.323 e. The molecule has 6 heteroatoms. The molecule has 0 aliphatic rings. The number of amides is 2. The van der Waals surface area contributed by atoms with Crippen LogP contribution in [0.3, 0.4) is 0 Å². The third-order valence-corrected chi connectivity index (χ3v) is 2.54. The molecule has 0 radical (unpaired) electrons. The summed E-state index contributed by atoms with van der Waals surface area (Å²) in [5.74, 6) is -1.53. The van der Waals surface area contributed by atoms with Gasteiger partial charge >= 0.3 is 6.03 Å². The summed E-state index contributed by atoms with van der Waals surface area (Å²) in [6.07, 6.45) is 0. The molecule has 0 atom stereocenters. The van der Waals surface area contributed by atoms with Crippen molar-refractivity contribution in [3.05, 3.63) is 48.3 Å². The van der Waals surface area contributed by atoms with Gasteiger partial charge in [-0.25, -0.2) is 9.18 Å². The molecule has 0 saturated heterocycles. The van der Waals surface area contributed by atoms with E-state index in [9.17, 15) is 14.3 Å². The van der Waals surface area contributed by atoms with Gasteiger partial charge in [0.25, 0.3) is 0 Å². The van der Waals surface area contributed by atoms with Gasteiger partial charge in [-0.2, -0.15) is 0 Å². The average molecular weight is 276 g/mol. The molecule has 2 rings (SSSR count). The van der Waals surface area contributed by atoms with Gasteiger partial charge in [0, 0.05) is 23.5 Å². The Bertz CT molecular complexity index is 617. The van der Waals surface area contributed by atoms with Gasteiger partial charge in [0.1, 0.15) is 0 Å². The van der Waals surface area contributed by atoms with Crippen LogP contribution >= 0.6 is 0 Å².